The molecule has 0 radical (unpaired) electrons. The van der Waals surface area contributed by atoms with Gasteiger partial charge in [-0.1, -0.05) is 54.0 Å². The van der Waals surface area contributed by atoms with E-state index < -0.39 is 0 Å². The Morgan fingerprint density at radius 3 is 2.31 bits per heavy atom. The van der Waals surface area contributed by atoms with Crippen molar-refractivity contribution in [1.29, 1.82) is 0 Å². The summed E-state index contributed by atoms with van der Waals surface area (Å²) in [5.74, 6) is 0.786. The SMILES string of the molecule is CCCN(CCC)CCCOc1ccc(C(=O)c2c(-c3ccccc3Br)cc3ccccn23)cc1. The summed E-state index contributed by atoms with van der Waals surface area (Å²) >= 11 is 3.66. The van der Waals surface area contributed by atoms with Gasteiger partial charge >= 0.3 is 0 Å². The molecule has 0 saturated heterocycles. The summed E-state index contributed by atoms with van der Waals surface area (Å²) in [6, 6.07) is 23.6. The molecule has 0 aliphatic carbocycles. The van der Waals surface area contributed by atoms with E-state index in [4.69, 9.17) is 4.74 Å². The van der Waals surface area contributed by atoms with Crippen LogP contribution in [0.3, 0.4) is 0 Å². The molecule has 35 heavy (non-hydrogen) atoms. The molecule has 0 unspecified atom stereocenters. The zero-order valence-electron chi connectivity index (χ0n) is 20.5. The number of rotatable bonds is 12. The number of halogens is 1. The number of nitrogens with zero attached hydrogens (tertiary/aromatic N) is 2. The minimum Gasteiger partial charge on any atom is -0.494 e. The van der Waals surface area contributed by atoms with E-state index in [9.17, 15) is 4.79 Å². The number of hydrogen-bond acceptors (Lipinski definition) is 3. The van der Waals surface area contributed by atoms with E-state index in [0.29, 0.717) is 17.9 Å². The third-order valence-electron chi connectivity index (χ3n) is 6.14. The molecular formula is C30H33BrN2O2. The van der Waals surface area contributed by atoms with Gasteiger partial charge in [0, 0.05) is 33.9 Å². The second kappa shape index (κ2) is 12.2. The van der Waals surface area contributed by atoms with E-state index in [0.717, 1.165) is 52.9 Å². The Balaban J connectivity index is 1.50. The molecule has 4 nitrogen and oxygen atoms in total. The average molecular weight is 534 g/mol. The summed E-state index contributed by atoms with van der Waals surface area (Å²) in [4.78, 5) is 16.2. The first-order valence-electron chi connectivity index (χ1n) is 12.5. The van der Waals surface area contributed by atoms with E-state index in [-0.39, 0.29) is 5.78 Å². The molecule has 0 saturated carbocycles. The Bertz CT molecular complexity index is 1260. The second-order valence-corrected chi connectivity index (χ2v) is 9.63. The Kier molecular flexibility index (Phi) is 8.78. The molecule has 4 aromatic rings. The first-order valence-corrected chi connectivity index (χ1v) is 13.3. The molecule has 182 valence electrons. The number of hydrogen-bond donors (Lipinski definition) is 0. The van der Waals surface area contributed by atoms with Gasteiger partial charge in [-0.2, -0.15) is 0 Å². The van der Waals surface area contributed by atoms with Gasteiger partial charge in [-0.3, -0.25) is 4.79 Å². The van der Waals surface area contributed by atoms with Crippen molar-refractivity contribution in [2.45, 2.75) is 33.1 Å². The Morgan fingerprint density at radius 1 is 0.886 bits per heavy atom. The van der Waals surface area contributed by atoms with Crippen LogP contribution in [0, 0.1) is 0 Å². The highest BCUT2D eigenvalue weighted by Crippen LogP contribution is 2.34. The maximum absolute atomic E-state index is 13.7. The number of aromatic nitrogens is 1. The van der Waals surface area contributed by atoms with Crippen molar-refractivity contribution >= 4 is 27.2 Å². The lowest BCUT2D eigenvalue weighted by molar-refractivity contribution is 0.103. The number of ether oxygens (including phenoxy) is 1. The van der Waals surface area contributed by atoms with Crippen molar-refractivity contribution in [3.05, 3.63) is 94.7 Å². The normalized spacial score (nSPS) is 11.3. The molecule has 0 bridgehead atoms. The zero-order chi connectivity index (χ0) is 24.6. The third kappa shape index (κ3) is 6.03. The summed E-state index contributed by atoms with van der Waals surface area (Å²) in [6.45, 7) is 8.45. The minimum absolute atomic E-state index is 0.0109. The molecule has 2 aromatic carbocycles. The van der Waals surface area contributed by atoms with Crippen molar-refractivity contribution in [3.8, 4) is 16.9 Å². The van der Waals surface area contributed by atoms with Crippen molar-refractivity contribution in [2.75, 3.05) is 26.2 Å². The Labute approximate surface area is 216 Å². The van der Waals surface area contributed by atoms with Crippen molar-refractivity contribution in [3.63, 3.8) is 0 Å². The molecule has 0 fully saturated rings. The third-order valence-corrected chi connectivity index (χ3v) is 6.83. The lowest BCUT2D eigenvalue weighted by Gasteiger charge is -2.20. The second-order valence-electron chi connectivity index (χ2n) is 8.78. The summed E-state index contributed by atoms with van der Waals surface area (Å²) in [5.41, 5.74) is 4.21. The monoisotopic (exact) mass is 532 g/mol. The quantitative estimate of drug-likeness (QED) is 0.140. The number of ketones is 1. The maximum atomic E-state index is 13.7. The molecule has 5 heteroatoms. The lowest BCUT2D eigenvalue weighted by atomic mass is 10.0. The number of pyridine rings is 1. The van der Waals surface area contributed by atoms with Crippen LogP contribution in [0.25, 0.3) is 16.6 Å². The summed E-state index contributed by atoms with van der Waals surface area (Å²) in [5, 5.41) is 0. The van der Waals surface area contributed by atoms with E-state index in [1.54, 1.807) is 0 Å². The molecule has 4 rings (SSSR count). The fourth-order valence-corrected chi connectivity index (χ4v) is 5.02. The highest BCUT2D eigenvalue weighted by molar-refractivity contribution is 9.10. The van der Waals surface area contributed by atoms with Crippen molar-refractivity contribution in [2.24, 2.45) is 0 Å². The summed E-state index contributed by atoms with van der Waals surface area (Å²) in [7, 11) is 0. The molecule has 0 aliphatic heterocycles. The lowest BCUT2D eigenvalue weighted by Crippen LogP contribution is -2.27. The van der Waals surface area contributed by atoms with Gasteiger partial charge in [0.2, 0.25) is 5.78 Å². The maximum Gasteiger partial charge on any atom is 0.210 e. The van der Waals surface area contributed by atoms with Gasteiger partial charge in [-0.15, -0.1) is 0 Å². The highest BCUT2D eigenvalue weighted by atomic mass is 79.9. The van der Waals surface area contributed by atoms with Gasteiger partial charge in [0.15, 0.2) is 0 Å². The zero-order valence-corrected chi connectivity index (χ0v) is 22.1. The molecule has 0 N–H and O–H groups in total. The Hall–Kier alpha value is -2.89. The van der Waals surface area contributed by atoms with Gasteiger partial charge in [-0.05, 0) is 86.4 Å². The fraction of sp³-hybridized carbons (Fsp3) is 0.300. The van der Waals surface area contributed by atoms with Gasteiger partial charge in [-0.25, -0.2) is 0 Å². The van der Waals surface area contributed by atoms with Gasteiger partial charge < -0.3 is 14.0 Å². The van der Waals surface area contributed by atoms with Crippen molar-refractivity contribution in [1.82, 2.24) is 9.30 Å². The van der Waals surface area contributed by atoms with Gasteiger partial charge in [0.25, 0.3) is 0 Å². The van der Waals surface area contributed by atoms with E-state index >= 15 is 0 Å². The smallest absolute Gasteiger partial charge is 0.210 e. The first kappa shape index (κ1) is 25.2. The molecule has 2 aromatic heterocycles. The van der Waals surface area contributed by atoms with Crippen LogP contribution in [0.2, 0.25) is 0 Å². The van der Waals surface area contributed by atoms with Gasteiger partial charge in [0.1, 0.15) is 11.4 Å². The van der Waals surface area contributed by atoms with Crippen LogP contribution in [-0.4, -0.2) is 41.3 Å². The molecular weight excluding hydrogens is 500 g/mol. The van der Waals surface area contributed by atoms with E-state index in [1.807, 2.05) is 77.3 Å². The number of carbonyl (C=O) groups is 1. The molecule has 0 spiro atoms. The summed E-state index contributed by atoms with van der Waals surface area (Å²) < 4.78 is 8.90. The van der Waals surface area contributed by atoms with E-state index in [1.165, 1.54) is 12.8 Å². The van der Waals surface area contributed by atoms with E-state index in [2.05, 4.69) is 40.7 Å². The average Bonchev–Trinajstić information content (AvgIpc) is 3.26. The van der Waals surface area contributed by atoms with Crippen LogP contribution < -0.4 is 4.74 Å². The molecule has 0 amide bonds. The molecule has 2 heterocycles. The van der Waals surface area contributed by atoms with Crippen LogP contribution in [0.15, 0.2) is 83.5 Å². The first-order chi connectivity index (χ1) is 17.1. The van der Waals surface area contributed by atoms with Crippen LogP contribution in [0.4, 0.5) is 0 Å². The van der Waals surface area contributed by atoms with Crippen molar-refractivity contribution < 1.29 is 9.53 Å². The highest BCUT2D eigenvalue weighted by Gasteiger charge is 2.21. The van der Waals surface area contributed by atoms with Crippen LogP contribution in [0.5, 0.6) is 5.75 Å². The Morgan fingerprint density at radius 2 is 1.60 bits per heavy atom. The van der Waals surface area contributed by atoms with Crippen LogP contribution in [-0.2, 0) is 0 Å². The number of carbonyl (C=O) groups excluding carboxylic acids is 1. The molecule has 0 aliphatic rings. The molecule has 0 atom stereocenters. The largest absolute Gasteiger partial charge is 0.494 e. The predicted octanol–water partition coefficient (Wildman–Crippen LogP) is 7.49. The number of benzene rings is 2. The fourth-order valence-electron chi connectivity index (χ4n) is 4.53. The number of fused-ring (bicyclic) bond motifs is 1. The topological polar surface area (TPSA) is 34.0 Å². The van der Waals surface area contributed by atoms with Gasteiger partial charge in [0.05, 0.1) is 6.61 Å². The van der Waals surface area contributed by atoms with Crippen LogP contribution in [0.1, 0.15) is 49.2 Å². The predicted molar refractivity (Wildman–Crippen MR) is 148 cm³/mol. The standard InChI is InChI=1S/C30H33BrN2O2/c1-3-17-32(18-4-2)19-9-21-35-25-15-13-23(14-16-25)30(34)29-27(26-11-5-6-12-28(26)31)22-24-10-7-8-20-33(24)29/h5-8,10-16,20,22H,3-4,9,17-19,21H2,1-2H3. The summed E-state index contributed by atoms with van der Waals surface area (Å²) in [6.07, 6.45) is 5.29. The van der Waals surface area contributed by atoms with Crippen LogP contribution >= 0.6 is 15.9 Å². The minimum atomic E-state index is -0.0109.